The second-order valence-electron chi connectivity index (χ2n) is 3.41. The molecule has 2 rings (SSSR count). The van der Waals surface area contributed by atoms with Crippen molar-refractivity contribution in [2.75, 3.05) is 5.32 Å². The second kappa shape index (κ2) is 5.46. The molecule has 2 heterocycles. The zero-order valence-electron chi connectivity index (χ0n) is 8.80. The standard InChI is InChI=1S/C11H13N3OS/c15-10(13-11-12-5-9-16-11)4-3-8-14-6-1-2-7-14/h1-2,5-7,9H,3-4,8H2,(H,12,13,15). The highest BCUT2D eigenvalue weighted by Crippen LogP contribution is 2.10. The van der Waals surface area contributed by atoms with E-state index in [9.17, 15) is 4.79 Å². The average molecular weight is 235 g/mol. The molecular weight excluding hydrogens is 222 g/mol. The van der Waals surface area contributed by atoms with E-state index >= 15 is 0 Å². The number of hydrogen-bond acceptors (Lipinski definition) is 3. The molecular formula is C11H13N3OS. The third-order valence-corrected chi connectivity index (χ3v) is 2.85. The molecule has 0 aliphatic heterocycles. The molecule has 5 heteroatoms. The van der Waals surface area contributed by atoms with Gasteiger partial charge < -0.3 is 9.88 Å². The lowest BCUT2D eigenvalue weighted by molar-refractivity contribution is -0.116. The number of aromatic nitrogens is 2. The zero-order valence-corrected chi connectivity index (χ0v) is 9.61. The van der Waals surface area contributed by atoms with Crippen LogP contribution in [-0.4, -0.2) is 15.5 Å². The monoisotopic (exact) mass is 235 g/mol. The van der Waals surface area contributed by atoms with Crippen molar-refractivity contribution in [3.05, 3.63) is 36.1 Å². The van der Waals surface area contributed by atoms with Crippen molar-refractivity contribution in [1.29, 1.82) is 0 Å². The van der Waals surface area contributed by atoms with Crippen molar-refractivity contribution < 1.29 is 4.79 Å². The van der Waals surface area contributed by atoms with Crippen LogP contribution in [0.5, 0.6) is 0 Å². The normalized spacial score (nSPS) is 10.2. The Hall–Kier alpha value is -1.62. The van der Waals surface area contributed by atoms with Gasteiger partial charge in [-0.15, -0.1) is 11.3 Å². The van der Waals surface area contributed by atoms with E-state index in [1.807, 2.05) is 29.9 Å². The predicted octanol–water partition coefficient (Wildman–Crippen LogP) is 2.36. The Morgan fingerprint density at radius 3 is 2.94 bits per heavy atom. The minimum Gasteiger partial charge on any atom is -0.354 e. The fourth-order valence-corrected chi connectivity index (χ4v) is 1.95. The molecule has 2 aromatic heterocycles. The first-order valence-electron chi connectivity index (χ1n) is 5.15. The first-order chi connectivity index (χ1) is 7.84. The predicted molar refractivity (Wildman–Crippen MR) is 64.4 cm³/mol. The molecule has 1 N–H and O–H groups in total. The maximum absolute atomic E-state index is 11.5. The van der Waals surface area contributed by atoms with E-state index in [0.29, 0.717) is 11.6 Å². The van der Waals surface area contributed by atoms with Crippen LogP contribution < -0.4 is 5.32 Å². The maximum Gasteiger partial charge on any atom is 0.226 e. The Labute approximate surface area is 97.9 Å². The van der Waals surface area contributed by atoms with Gasteiger partial charge in [-0.1, -0.05) is 0 Å². The van der Waals surface area contributed by atoms with Crippen molar-refractivity contribution in [2.45, 2.75) is 19.4 Å². The van der Waals surface area contributed by atoms with Crippen LogP contribution in [0.2, 0.25) is 0 Å². The van der Waals surface area contributed by atoms with Gasteiger partial charge in [-0.25, -0.2) is 4.98 Å². The molecule has 1 amide bonds. The van der Waals surface area contributed by atoms with Crippen LogP contribution in [0.25, 0.3) is 0 Å². The average Bonchev–Trinajstić information content (AvgIpc) is 2.90. The van der Waals surface area contributed by atoms with Crippen LogP contribution in [0.3, 0.4) is 0 Å². The van der Waals surface area contributed by atoms with Gasteiger partial charge in [0.2, 0.25) is 5.91 Å². The van der Waals surface area contributed by atoms with Crippen molar-refractivity contribution in [2.24, 2.45) is 0 Å². The summed E-state index contributed by atoms with van der Waals surface area (Å²) in [6.45, 7) is 0.873. The van der Waals surface area contributed by atoms with E-state index in [2.05, 4.69) is 14.9 Å². The van der Waals surface area contributed by atoms with Crippen LogP contribution in [0, 0.1) is 0 Å². The summed E-state index contributed by atoms with van der Waals surface area (Å²) in [7, 11) is 0. The van der Waals surface area contributed by atoms with Crippen LogP contribution in [0.4, 0.5) is 5.13 Å². The van der Waals surface area contributed by atoms with Gasteiger partial charge in [0.05, 0.1) is 0 Å². The number of carbonyl (C=O) groups excluding carboxylic acids is 1. The highest BCUT2D eigenvalue weighted by atomic mass is 32.1. The molecule has 84 valence electrons. The Morgan fingerprint density at radius 2 is 2.25 bits per heavy atom. The molecule has 4 nitrogen and oxygen atoms in total. The number of nitrogens with zero attached hydrogens (tertiary/aromatic N) is 2. The van der Waals surface area contributed by atoms with Crippen molar-refractivity contribution in [3.63, 3.8) is 0 Å². The Kier molecular flexibility index (Phi) is 3.71. The molecule has 0 atom stereocenters. The SMILES string of the molecule is O=C(CCCn1cccc1)Nc1nccs1. The van der Waals surface area contributed by atoms with Gasteiger partial charge in [0.25, 0.3) is 0 Å². The minimum atomic E-state index is 0.0297. The lowest BCUT2D eigenvalue weighted by Crippen LogP contribution is -2.11. The number of carbonyl (C=O) groups is 1. The molecule has 0 radical (unpaired) electrons. The minimum absolute atomic E-state index is 0.0297. The van der Waals surface area contributed by atoms with Gasteiger partial charge in [-0.3, -0.25) is 4.79 Å². The largest absolute Gasteiger partial charge is 0.354 e. The summed E-state index contributed by atoms with van der Waals surface area (Å²) in [4.78, 5) is 15.5. The lowest BCUT2D eigenvalue weighted by atomic mass is 10.3. The number of anilines is 1. The van der Waals surface area contributed by atoms with Crippen LogP contribution >= 0.6 is 11.3 Å². The van der Waals surface area contributed by atoms with Gasteiger partial charge in [-0.2, -0.15) is 0 Å². The highest BCUT2D eigenvalue weighted by Gasteiger charge is 2.03. The fraction of sp³-hybridized carbons (Fsp3) is 0.273. The molecule has 16 heavy (non-hydrogen) atoms. The van der Waals surface area contributed by atoms with Crippen LogP contribution in [-0.2, 0) is 11.3 Å². The first-order valence-corrected chi connectivity index (χ1v) is 6.02. The van der Waals surface area contributed by atoms with E-state index in [1.165, 1.54) is 11.3 Å². The molecule has 0 unspecified atom stereocenters. The van der Waals surface area contributed by atoms with E-state index in [4.69, 9.17) is 0 Å². The van der Waals surface area contributed by atoms with E-state index in [-0.39, 0.29) is 5.91 Å². The maximum atomic E-state index is 11.5. The summed E-state index contributed by atoms with van der Waals surface area (Å²) < 4.78 is 2.07. The Morgan fingerprint density at radius 1 is 1.44 bits per heavy atom. The van der Waals surface area contributed by atoms with Gasteiger partial charge in [0.15, 0.2) is 5.13 Å². The summed E-state index contributed by atoms with van der Waals surface area (Å²) in [6, 6.07) is 3.96. The van der Waals surface area contributed by atoms with Crippen molar-refractivity contribution in [3.8, 4) is 0 Å². The van der Waals surface area contributed by atoms with E-state index < -0.39 is 0 Å². The smallest absolute Gasteiger partial charge is 0.226 e. The van der Waals surface area contributed by atoms with Gasteiger partial charge >= 0.3 is 0 Å². The van der Waals surface area contributed by atoms with Crippen LogP contribution in [0.1, 0.15) is 12.8 Å². The van der Waals surface area contributed by atoms with Gasteiger partial charge in [0.1, 0.15) is 0 Å². The summed E-state index contributed by atoms with van der Waals surface area (Å²) in [6.07, 6.45) is 7.04. The Bertz CT molecular complexity index is 422. The molecule has 0 fully saturated rings. The molecule has 0 saturated carbocycles. The lowest BCUT2D eigenvalue weighted by Gasteiger charge is -2.03. The molecule has 0 aliphatic rings. The number of amides is 1. The fourth-order valence-electron chi connectivity index (χ4n) is 1.41. The topological polar surface area (TPSA) is 46.9 Å². The van der Waals surface area contributed by atoms with Crippen molar-refractivity contribution in [1.82, 2.24) is 9.55 Å². The van der Waals surface area contributed by atoms with Gasteiger partial charge in [-0.05, 0) is 18.6 Å². The highest BCUT2D eigenvalue weighted by molar-refractivity contribution is 7.13. The van der Waals surface area contributed by atoms with E-state index in [1.54, 1.807) is 6.20 Å². The molecule has 0 aliphatic carbocycles. The summed E-state index contributed by atoms with van der Waals surface area (Å²) in [5, 5.41) is 5.28. The number of nitrogens with one attached hydrogen (secondary N) is 1. The zero-order chi connectivity index (χ0) is 11.2. The second-order valence-corrected chi connectivity index (χ2v) is 4.30. The summed E-state index contributed by atoms with van der Waals surface area (Å²) in [5.41, 5.74) is 0. The third kappa shape index (κ3) is 3.20. The van der Waals surface area contributed by atoms with Crippen LogP contribution in [0.15, 0.2) is 36.1 Å². The molecule has 2 aromatic rings. The number of hydrogen-bond donors (Lipinski definition) is 1. The molecule has 0 spiro atoms. The third-order valence-electron chi connectivity index (χ3n) is 2.17. The first kappa shape index (κ1) is 10.9. The molecule has 0 aromatic carbocycles. The number of rotatable bonds is 5. The van der Waals surface area contributed by atoms with Crippen molar-refractivity contribution >= 4 is 22.4 Å². The molecule has 0 saturated heterocycles. The summed E-state index contributed by atoms with van der Waals surface area (Å²) >= 11 is 1.43. The number of aryl methyl sites for hydroxylation is 1. The quantitative estimate of drug-likeness (QED) is 0.864. The van der Waals surface area contributed by atoms with Gasteiger partial charge in [0, 0.05) is 36.9 Å². The Balaban J connectivity index is 1.68. The molecule has 0 bridgehead atoms. The summed E-state index contributed by atoms with van der Waals surface area (Å²) in [5.74, 6) is 0.0297. The van der Waals surface area contributed by atoms with E-state index in [0.717, 1.165) is 13.0 Å². The number of thiazole rings is 1.